The minimum absolute atomic E-state index is 0.190. The maximum absolute atomic E-state index is 11.4. The zero-order valence-corrected chi connectivity index (χ0v) is 18.5. The second kappa shape index (κ2) is 8.91. The van der Waals surface area contributed by atoms with Gasteiger partial charge in [-0.25, -0.2) is 4.79 Å². The molecular weight excluding hydrogens is 416 g/mol. The lowest BCUT2D eigenvalue weighted by molar-refractivity contribution is -0.133. The summed E-state index contributed by atoms with van der Waals surface area (Å²) in [5, 5.41) is 16.9. The van der Waals surface area contributed by atoms with Crippen LogP contribution in [0.1, 0.15) is 23.1 Å². The summed E-state index contributed by atoms with van der Waals surface area (Å²) in [7, 11) is 0. The van der Waals surface area contributed by atoms with Gasteiger partial charge >= 0.3 is 5.97 Å². The number of fused-ring (bicyclic) bond motifs is 2. The largest absolute Gasteiger partial charge is 0.490 e. The highest BCUT2D eigenvalue weighted by Crippen LogP contribution is 2.34. The van der Waals surface area contributed by atoms with E-state index in [1.54, 1.807) is 0 Å². The number of nitrogens with one attached hydrogen (secondary N) is 2. The number of benzene rings is 2. The Morgan fingerprint density at radius 2 is 1.87 bits per heavy atom. The van der Waals surface area contributed by atoms with Crippen LogP contribution in [0, 0.1) is 13.8 Å². The van der Waals surface area contributed by atoms with Gasteiger partial charge in [0.05, 0.1) is 22.2 Å². The van der Waals surface area contributed by atoms with Crippen LogP contribution < -0.4 is 20.1 Å². The van der Waals surface area contributed by atoms with E-state index in [1.165, 1.54) is 0 Å². The lowest BCUT2D eigenvalue weighted by Crippen LogP contribution is -2.64. The molecular formula is C24H27ClN2O4. The summed E-state index contributed by atoms with van der Waals surface area (Å²) >= 11 is 6.24. The predicted octanol–water partition coefficient (Wildman–Crippen LogP) is 3.59. The van der Waals surface area contributed by atoms with Crippen molar-refractivity contribution < 1.29 is 19.4 Å². The van der Waals surface area contributed by atoms with E-state index in [-0.39, 0.29) is 11.6 Å². The van der Waals surface area contributed by atoms with Crippen molar-refractivity contribution in [2.24, 2.45) is 0 Å². The van der Waals surface area contributed by atoms with Crippen LogP contribution in [0.5, 0.6) is 11.5 Å². The van der Waals surface area contributed by atoms with Crippen LogP contribution in [0.4, 0.5) is 0 Å². The molecule has 2 aliphatic rings. The van der Waals surface area contributed by atoms with Gasteiger partial charge in [-0.05, 0) is 61.2 Å². The van der Waals surface area contributed by atoms with Crippen LogP contribution in [0.15, 0.2) is 48.0 Å². The van der Waals surface area contributed by atoms with Crippen LogP contribution in [0.2, 0.25) is 5.02 Å². The van der Waals surface area contributed by atoms with Gasteiger partial charge in [0, 0.05) is 13.1 Å². The van der Waals surface area contributed by atoms with Gasteiger partial charge in [-0.3, -0.25) is 5.32 Å². The fourth-order valence-corrected chi connectivity index (χ4v) is 4.47. The molecule has 2 aromatic rings. The molecule has 0 spiro atoms. The normalized spacial score (nSPS) is 22.5. The molecule has 3 N–H and O–H groups in total. The Hall–Kier alpha value is -2.54. The average molecular weight is 443 g/mol. The fourth-order valence-electron chi connectivity index (χ4n) is 4.20. The number of piperazine rings is 1. The Labute approximate surface area is 187 Å². The monoisotopic (exact) mass is 442 g/mol. The number of ether oxygens (including phenoxy) is 2. The van der Waals surface area contributed by atoms with Crippen LogP contribution in [-0.2, 0) is 10.3 Å². The highest BCUT2D eigenvalue weighted by atomic mass is 35.5. The number of carboxylic acids is 1. The molecule has 0 aromatic heterocycles. The second-order valence-corrected chi connectivity index (χ2v) is 8.57. The number of rotatable bonds is 7. The summed E-state index contributed by atoms with van der Waals surface area (Å²) in [6.07, 6.45) is 2.48. The zero-order chi connectivity index (χ0) is 22.0. The van der Waals surface area contributed by atoms with Gasteiger partial charge < -0.3 is 19.9 Å². The van der Waals surface area contributed by atoms with Gasteiger partial charge in [-0.2, -0.15) is 0 Å². The molecule has 0 saturated carbocycles. The van der Waals surface area contributed by atoms with Gasteiger partial charge in [0.1, 0.15) is 24.7 Å². The number of carboxylic acid groups (broad SMARTS) is 1. The molecule has 31 heavy (non-hydrogen) atoms. The van der Waals surface area contributed by atoms with E-state index < -0.39 is 5.97 Å². The topological polar surface area (TPSA) is 79.8 Å². The van der Waals surface area contributed by atoms with Crippen LogP contribution in [0.25, 0.3) is 0 Å². The molecule has 7 heteroatoms. The maximum Gasteiger partial charge on any atom is 0.332 e. The number of hydrogen-bond donors (Lipinski definition) is 3. The summed E-state index contributed by atoms with van der Waals surface area (Å²) < 4.78 is 11.6. The van der Waals surface area contributed by atoms with E-state index in [9.17, 15) is 9.90 Å². The number of aliphatic carboxylic acids is 1. The van der Waals surface area contributed by atoms with E-state index in [1.807, 2.05) is 56.3 Å². The molecule has 2 aliphatic heterocycles. The first-order valence-electron chi connectivity index (χ1n) is 10.4. The first-order chi connectivity index (χ1) is 14.9. The quantitative estimate of drug-likeness (QED) is 0.569. The van der Waals surface area contributed by atoms with Crippen molar-refractivity contribution in [3.8, 4) is 11.5 Å². The van der Waals surface area contributed by atoms with E-state index in [4.69, 9.17) is 21.1 Å². The first kappa shape index (κ1) is 21.7. The summed E-state index contributed by atoms with van der Waals surface area (Å²) in [6.45, 7) is 6.21. The first-order valence-corrected chi connectivity index (χ1v) is 10.8. The number of carbonyl (C=O) groups is 1. The smallest absolute Gasteiger partial charge is 0.332 e. The Kier molecular flexibility index (Phi) is 6.23. The molecule has 1 saturated heterocycles. The molecule has 4 rings (SSSR count). The van der Waals surface area contributed by atoms with Gasteiger partial charge in [0.25, 0.3) is 0 Å². The number of aryl methyl sites for hydroxylation is 2. The van der Waals surface area contributed by atoms with E-state index in [0.717, 1.165) is 29.0 Å². The maximum atomic E-state index is 11.4. The highest BCUT2D eigenvalue weighted by molar-refractivity contribution is 6.32. The van der Waals surface area contributed by atoms with Crippen molar-refractivity contribution in [3.05, 3.63) is 69.8 Å². The molecule has 0 radical (unpaired) electrons. The molecule has 2 atom stereocenters. The van der Waals surface area contributed by atoms with Crippen molar-refractivity contribution in [2.45, 2.75) is 31.8 Å². The zero-order valence-electron chi connectivity index (χ0n) is 17.7. The molecule has 2 bridgehead atoms. The standard InChI is InChI=1S/C24H27ClN2O4/c1-15-11-20(25)22(12-16(15)2)31-10-9-30-18-5-3-17(4-6-18)24-8-7-19(23(28)29)21(27-24)13-26-14-24/h3-7,11-12,21,26-27H,8-10,13-14H2,1-2H3,(H,28,29). The molecule has 164 valence electrons. The minimum atomic E-state index is -0.858. The molecule has 0 aliphatic carbocycles. The van der Waals surface area contributed by atoms with E-state index in [0.29, 0.717) is 42.5 Å². The molecule has 1 fully saturated rings. The Balaban J connectivity index is 1.35. The molecule has 2 aromatic carbocycles. The SMILES string of the molecule is Cc1cc(Cl)c(OCCOc2ccc(C34CC=C(C(=O)O)C(CNC3)N4)cc2)cc1C. The van der Waals surface area contributed by atoms with Crippen LogP contribution in [0.3, 0.4) is 0 Å². The summed E-state index contributed by atoms with van der Waals surface area (Å²) in [5.41, 5.74) is 3.51. The number of hydrogen-bond acceptors (Lipinski definition) is 5. The van der Waals surface area contributed by atoms with Gasteiger partial charge in [0.2, 0.25) is 0 Å². The second-order valence-electron chi connectivity index (χ2n) is 8.17. The Bertz CT molecular complexity index is 1010. The fraction of sp³-hybridized carbons (Fsp3) is 0.375. The molecule has 0 amide bonds. The van der Waals surface area contributed by atoms with Gasteiger partial charge in [0.15, 0.2) is 0 Å². The average Bonchev–Trinajstić information content (AvgIpc) is 2.75. The minimum Gasteiger partial charge on any atom is -0.490 e. The van der Waals surface area contributed by atoms with E-state index in [2.05, 4.69) is 10.6 Å². The molecule has 2 unspecified atom stereocenters. The van der Waals surface area contributed by atoms with Crippen molar-refractivity contribution >= 4 is 17.6 Å². The number of halogens is 1. The van der Waals surface area contributed by atoms with Gasteiger partial charge in [-0.1, -0.05) is 29.8 Å². The summed E-state index contributed by atoms with van der Waals surface area (Å²) in [6, 6.07) is 11.6. The van der Waals surface area contributed by atoms with Crippen molar-refractivity contribution in [1.82, 2.24) is 10.6 Å². The summed E-state index contributed by atoms with van der Waals surface area (Å²) in [4.78, 5) is 11.4. The van der Waals surface area contributed by atoms with Crippen molar-refractivity contribution in [1.29, 1.82) is 0 Å². The molecule has 2 heterocycles. The lowest BCUT2D eigenvalue weighted by atomic mass is 9.79. The predicted molar refractivity (Wildman–Crippen MR) is 120 cm³/mol. The summed E-state index contributed by atoms with van der Waals surface area (Å²) in [5.74, 6) is 0.565. The Morgan fingerprint density at radius 3 is 2.61 bits per heavy atom. The van der Waals surface area contributed by atoms with Gasteiger partial charge in [-0.15, -0.1) is 0 Å². The third kappa shape index (κ3) is 4.56. The van der Waals surface area contributed by atoms with Crippen molar-refractivity contribution in [3.63, 3.8) is 0 Å². The van der Waals surface area contributed by atoms with Crippen molar-refractivity contribution in [2.75, 3.05) is 26.3 Å². The Morgan fingerprint density at radius 1 is 1.16 bits per heavy atom. The third-order valence-corrected chi connectivity index (χ3v) is 6.38. The molecule has 6 nitrogen and oxygen atoms in total. The van der Waals surface area contributed by atoms with Crippen LogP contribution >= 0.6 is 11.6 Å². The lowest BCUT2D eigenvalue weighted by Gasteiger charge is -2.46. The van der Waals surface area contributed by atoms with Crippen LogP contribution in [-0.4, -0.2) is 43.4 Å². The van der Waals surface area contributed by atoms with E-state index >= 15 is 0 Å². The highest BCUT2D eigenvalue weighted by Gasteiger charge is 2.42. The third-order valence-electron chi connectivity index (χ3n) is 6.08.